The quantitative estimate of drug-likeness (QED) is 0.872. The van der Waals surface area contributed by atoms with E-state index in [2.05, 4.69) is 54.1 Å². The summed E-state index contributed by atoms with van der Waals surface area (Å²) in [5.41, 5.74) is 7.33. The minimum absolute atomic E-state index is 0.509. The van der Waals surface area contributed by atoms with E-state index < -0.39 is 0 Å². The Kier molecular flexibility index (Phi) is 4.75. The van der Waals surface area contributed by atoms with Crippen LogP contribution in [0.25, 0.3) is 0 Å². The third-order valence-corrected chi connectivity index (χ3v) is 3.96. The lowest BCUT2D eigenvalue weighted by Crippen LogP contribution is -2.55. The molecule has 1 aliphatic rings. The van der Waals surface area contributed by atoms with Gasteiger partial charge in [0.2, 0.25) is 0 Å². The molecule has 0 amide bonds. The largest absolute Gasteiger partial charge is 0.329 e. The maximum absolute atomic E-state index is 5.90. The monoisotopic (exact) mass is 247 g/mol. The summed E-state index contributed by atoms with van der Waals surface area (Å²) in [4.78, 5) is 4.93. The molecule has 18 heavy (non-hydrogen) atoms. The van der Waals surface area contributed by atoms with E-state index in [-0.39, 0.29) is 0 Å². The predicted molar refractivity (Wildman–Crippen MR) is 76.8 cm³/mol. The van der Waals surface area contributed by atoms with E-state index in [4.69, 9.17) is 5.73 Å². The molecule has 0 spiro atoms. The van der Waals surface area contributed by atoms with Crippen molar-refractivity contribution in [3.63, 3.8) is 0 Å². The van der Waals surface area contributed by atoms with Gasteiger partial charge in [0, 0.05) is 38.8 Å². The number of rotatable bonds is 4. The first-order valence-electron chi connectivity index (χ1n) is 6.88. The number of hydrogen-bond acceptors (Lipinski definition) is 3. The molecule has 2 atom stereocenters. The molecular formula is C15H25N3. The molecule has 100 valence electrons. The van der Waals surface area contributed by atoms with Gasteiger partial charge < -0.3 is 10.6 Å². The highest BCUT2D eigenvalue weighted by Crippen LogP contribution is 2.18. The van der Waals surface area contributed by atoms with Gasteiger partial charge >= 0.3 is 0 Å². The Labute approximate surface area is 111 Å². The van der Waals surface area contributed by atoms with Crippen LogP contribution in [-0.4, -0.2) is 55.6 Å². The molecule has 2 rings (SSSR count). The highest BCUT2D eigenvalue weighted by atomic mass is 15.3. The Morgan fingerprint density at radius 3 is 2.67 bits per heavy atom. The minimum Gasteiger partial charge on any atom is -0.329 e. The molecule has 0 bridgehead atoms. The van der Waals surface area contributed by atoms with Crippen LogP contribution in [0.5, 0.6) is 0 Å². The molecule has 0 aliphatic carbocycles. The summed E-state index contributed by atoms with van der Waals surface area (Å²) >= 11 is 0. The van der Waals surface area contributed by atoms with E-state index in [0.717, 1.165) is 32.7 Å². The highest BCUT2D eigenvalue weighted by Gasteiger charge is 2.25. The number of likely N-dealkylation sites (N-methyl/N-ethyl adjacent to an activating group) is 1. The van der Waals surface area contributed by atoms with Gasteiger partial charge in [-0.3, -0.25) is 4.90 Å². The van der Waals surface area contributed by atoms with Gasteiger partial charge in [0.15, 0.2) is 0 Å². The second-order valence-electron chi connectivity index (χ2n) is 5.46. The second-order valence-corrected chi connectivity index (χ2v) is 5.46. The summed E-state index contributed by atoms with van der Waals surface area (Å²) in [6, 6.07) is 11.3. The summed E-state index contributed by atoms with van der Waals surface area (Å²) in [7, 11) is 2.18. The molecule has 1 aromatic rings. The summed E-state index contributed by atoms with van der Waals surface area (Å²) in [5.74, 6) is 0.573. The molecular weight excluding hydrogens is 222 g/mol. The van der Waals surface area contributed by atoms with Crippen LogP contribution in [0.1, 0.15) is 18.4 Å². The van der Waals surface area contributed by atoms with Crippen LogP contribution in [0.3, 0.4) is 0 Å². The van der Waals surface area contributed by atoms with Crippen molar-refractivity contribution in [3.05, 3.63) is 35.9 Å². The first kappa shape index (κ1) is 13.5. The fourth-order valence-electron chi connectivity index (χ4n) is 2.75. The van der Waals surface area contributed by atoms with Gasteiger partial charge in [0.1, 0.15) is 0 Å². The van der Waals surface area contributed by atoms with Crippen LogP contribution >= 0.6 is 0 Å². The van der Waals surface area contributed by atoms with Gasteiger partial charge in [-0.25, -0.2) is 0 Å². The zero-order valence-corrected chi connectivity index (χ0v) is 11.5. The van der Waals surface area contributed by atoms with Gasteiger partial charge in [-0.2, -0.15) is 0 Å². The molecule has 1 heterocycles. The Morgan fingerprint density at radius 1 is 1.28 bits per heavy atom. The normalized spacial score (nSPS) is 24.1. The van der Waals surface area contributed by atoms with Gasteiger partial charge in [-0.1, -0.05) is 37.3 Å². The van der Waals surface area contributed by atoms with E-state index in [0.29, 0.717) is 12.0 Å². The third kappa shape index (κ3) is 3.31. The zero-order valence-electron chi connectivity index (χ0n) is 11.5. The van der Waals surface area contributed by atoms with E-state index in [9.17, 15) is 0 Å². The molecule has 2 N–H and O–H groups in total. The molecule has 0 radical (unpaired) electrons. The van der Waals surface area contributed by atoms with Crippen molar-refractivity contribution in [2.45, 2.75) is 18.9 Å². The highest BCUT2D eigenvalue weighted by molar-refractivity contribution is 5.19. The van der Waals surface area contributed by atoms with Crippen LogP contribution in [0, 0.1) is 0 Å². The molecule has 3 nitrogen and oxygen atoms in total. The average molecular weight is 247 g/mol. The SMILES string of the molecule is CC(CN1CCN(C)CC1CN)c1ccccc1. The molecule has 1 aromatic carbocycles. The fraction of sp³-hybridized carbons (Fsp3) is 0.600. The molecule has 3 heteroatoms. The smallest absolute Gasteiger partial charge is 0.0346 e. The van der Waals surface area contributed by atoms with Crippen LogP contribution < -0.4 is 5.73 Å². The van der Waals surface area contributed by atoms with Crippen molar-refractivity contribution in [2.24, 2.45) is 5.73 Å². The lowest BCUT2D eigenvalue weighted by molar-refractivity contribution is 0.0899. The van der Waals surface area contributed by atoms with Gasteiger partial charge in [-0.05, 0) is 18.5 Å². The molecule has 0 saturated carbocycles. The fourth-order valence-corrected chi connectivity index (χ4v) is 2.75. The van der Waals surface area contributed by atoms with Crippen LogP contribution in [0.4, 0.5) is 0 Å². The lowest BCUT2D eigenvalue weighted by Gasteiger charge is -2.40. The van der Waals surface area contributed by atoms with Crippen molar-refractivity contribution in [3.8, 4) is 0 Å². The average Bonchev–Trinajstić information content (AvgIpc) is 2.41. The number of piperazine rings is 1. The summed E-state index contributed by atoms with van der Waals surface area (Å²) in [6.45, 7) is 7.55. The first-order chi connectivity index (χ1) is 8.70. The summed E-state index contributed by atoms with van der Waals surface area (Å²) in [6.07, 6.45) is 0. The van der Waals surface area contributed by atoms with Crippen molar-refractivity contribution >= 4 is 0 Å². The zero-order chi connectivity index (χ0) is 13.0. The van der Waals surface area contributed by atoms with E-state index in [1.807, 2.05) is 0 Å². The van der Waals surface area contributed by atoms with Crippen LogP contribution in [-0.2, 0) is 0 Å². The predicted octanol–water partition coefficient (Wildman–Crippen LogP) is 1.36. The number of nitrogens with two attached hydrogens (primary N) is 1. The topological polar surface area (TPSA) is 32.5 Å². The third-order valence-electron chi connectivity index (χ3n) is 3.96. The molecule has 0 aromatic heterocycles. The molecule has 1 fully saturated rings. The van der Waals surface area contributed by atoms with Crippen molar-refractivity contribution < 1.29 is 0 Å². The summed E-state index contributed by atoms with van der Waals surface area (Å²) in [5, 5.41) is 0. The Hall–Kier alpha value is -0.900. The Morgan fingerprint density at radius 2 is 2.00 bits per heavy atom. The van der Waals surface area contributed by atoms with E-state index in [1.54, 1.807) is 0 Å². The van der Waals surface area contributed by atoms with E-state index in [1.165, 1.54) is 5.56 Å². The van der Waals surface area contributed by atoms with E-state index >= 15 is 0 Å². The van der Waals surface area contributed by atoms with Gasteiger partial charge in [0.25, 0.3) is 0 Å². The Balaban J connectivity index is 1.96. The van der Waals surface area contributed by atoms with Gasteiger partial charge in [0.05, 0.1) is 0 Å². The maximum Gasteiger partial charge on any atom is 0.0346 e. The Bertz CT molecular complexity index is 352. The van der Waals surface area contributed by atoms with Crippen molar-refractivity contribution in [1.29, 1.82) is 0 Å². The second kappa shape index (κ2) is 6.32. The first-order valence-corrected chi connectivity index (χ1v) is 6.88. The molecule has 1 aliphatic heterocycles. The minimum atomic E-state index is 0.509. The van der Waals surface area contributed by atoms with Crippen LogP contribution in [0.15, 0.2) is 30.3 Å². The van der Waals surface area contributed by atoms with Crippen LogP contribution in [0.2, 0.25) is 0 Å². The molecule has 2 unspecified atom stereocenters. The number of hydrogen-bond donors (Lipinski definition) is 1. The standard InChI is InChI=1S/C15H25N3/c1-13(14-6-4-3-5-7-14)11-18-9-8-17(2)12-15(18)10-16/h3-7,13,15H,8-12,16H2,1-2H3. The van der Waals surface area contributed by atoms with Gasteiger partial charge in [-0.15, -0.1) is 0 Å². The number of nitrogens with zero attached hydrogens (tertiary/aromatic N) is 2. The van der Waals surface area contributed by atoms with Crippen molar-refractivity contribution in [2.75, 3.05) is 39.8 Å². The summed E-state index contributed by atoms with van der Waals surface area (Å²) < 4.78 is 0. The van der Waals surface area contributed by atoms with Crippen molar-refractivity contribution in [1.82, 2.24) is 9.80 Å². The lowest BCUT2D eigenvalue weighted by atomic mass is 9.99. The molecule has 1 saturated heterocycles. The maximum atomic E-state index is 5.90. The number of benzene rings is 1.